The lowest BCUT2D eigenvalue weighted by atomic mass is 9.85. The van der Waals surface area contributed by atoms with Gasteiger partial charge in [-0.2, -0.15) is 0 Å². The number of hydrogen-bond acceptors (Lipinski definition) is 10. The second kappa shape index (κ2) is 25.3. The standard InChI is InChI=1S/C50H75N9O8/c1-11-33(6)43(47(64)53-29-35-20-15-16-22-52-35)57-44(61)37(32(4)5)27-42(60)38(24-31(2)3)55-46(63)41(26-36-28-51-30-54-36)58(10)48(65)39(25-34-18-13-12-14-19-34)56-45(62)40-21-17-23-59(40)49(66)67-50(7,8)9/h12-16,18-20,22,28,30-33,37-43,60H,11,17,21,23-27,29H2,1-10H3,(H,51,54)(H,53,64)(H,55,63)(H,56,62)(H,57,61)/t33-,37+,38-,39-,40-,41-,42-,43-/m0/s1. The van der Waals surface area contributed by atoms with E-state index in [0.717, 1.165) is 5.56 Å². The zero-order valence-corrected chi connectivity index (χ0v) is 41.1. The number of carbonyl (C=O) groups excluding carboxylic acids is 6. The van der Waals surface area contributed by atoms with Crippen LogP contribution in [0.5, 0.6) is 0 Å². The summed E-state index contributed by atoms with van der Waals surface area (Å²) in [6, 6.07) is 9.83. The van der Waals surface area contributed by atoms with Crippen molar-refractivity contribution in [3.05, 3.63) is 84.2 Å². The average molecular weight is 930 g/mol. The first kappa shape index (κ1) is 53.8. The molecule has 8 atom stereocenters. The Morgan fingerprint density at radius 3 is 2.21 bits per heavy atom. The highest BCUT2D eigenvalue weighted by atomic mass is 16.6. The van der Waals surface area contributed by atoms with Crippen LogP contribution in [0, 0.1) is 23.7 Å². The SMILES string of the molecule is CC[C@H](C)[C@H](NC(=O)[C@H](C[C@H](O)[C@H](CC(C)C)NC(=O)[C@H](Cc1cnc[nH]1)N(C)C(=O)[C@H](Cc1ccccc1)NC(=O)[C@@H]1CCCN1C(=O)OC(C)(C)C)C(C)C)C(=O)NCc1ccccn1. The number of nitrogens with one attached hydrogen (secondary N) is 5. The highest BCUT2D eigenvalue weighted by molar-refractivity contribution is 5.94. The van der Waals surface area contributed by atoms with Crippen molar-refractivity contribution >= 4 is 35.6 Å². The molecule has 17 nitrogen and oxygen atoms in total. The van der Waals surface area contributed by atoms with Gasteiger partial charge in [-0.25, -0.2) is 9.78 Å². The minimum Gasteiger partial charge on any atom is -0.444 e. The molecule has 0 bridgehead atoms. The first-order chi connectivity index (χ1) is 31.7. The van der Waals surface area contributed by atoms with Gasteiger partial charge in [-0.1, -0.05) is 84.4 Å². The Labute approximate surface area is 396 Å². The smallest absolute Gasteiger partial charge is 0.410 e. The van der Waals surface area contributed by atoms with Crippen LogP contribution in [0.15, 0.2) is 67.3 Å². The van der Waals surface area contributed by atoms with Crippen molar-refractivity contribution < 1.29 is 38.6 Å². The molecule has 1 aliphatic rings. The minimum atomic E-state index is -1.19. The quantitative estimate of drug-likeness (QED) is 0.0768. The number of aromatic amines is 1. The van der Waals surface area contributed by atoms with Crippen LogP contribution in [-0.4, -0.2) is 121 Å². The van der Waals surface area contributed by atoms with Gasteiger partial charge in [-0.3, -0.25) is 33.9 Å². The van der Waals surface area contributed by atoms with E-state index in [1.807, 2.05) is 77.9 Å². The van der Waals surface area contributed by atoms with Gasteiger partial charge in [0.15, 0.2) is 0 Å². The van der Waals surface area contributed by atoms with Crippen LogP contribution in [0.25, 0.3) is 0 Å². The molecule has 3 heterocycles. The Balaban J connectivity index is 1.57. The third kappa shape index (κ3) is 16.5. The highest BCUT2D eigenvalue weighted by Crippen LogP contribution is 2.25. The molecule has 0 saturated carbocycles. The maximum atomic E-state index is 14.8. The number of aliphatic hydroxyl groups is 1. The number of carbonyl (C=O) groups is 6. The lowest BCUT2D eigenvalue weighted by Gasteiger charge is -2.35. The number of likely N-dealkylation sites (tertiary alicyclic amines) is 1. The molecule has 1 fully saturated rings. The topological polar surface area (TPSA) is 228 Å². The van der Waals surface area contributed by atoms with Crippen LogP contribution in [-0.2, 0) is 48.1 Å². The van der Waals surface area contributed by atoms with Gasteiger partial charge in [-0.15, -0.1) is 0 Å². The molecule has 3 aromatic rings. The Kier molecular flexibility index (Phi) is 20.3. The predicted octanol–water partition coefficient (Wildman–Crippen LogP) is 4.70. The van der Waals surface area contributed by atoms with Gasteiger partial charge in [0.2, 0.25) is 29.5 Å². The number of aliphatic hydroxyl groups excluding tert-OH is 1. The summed E-state index contributed by atoms with van der Waals surface area (Å²) in [5.74, 6) is -3.49. The van der Waals surface area contributed by atoms with Gasteiger partial charge in [-0.05, 0) is 81.9 Å². The van der Waals surface area contributed by atoms with Crippen LogP contribution in [0.1, 0.15) is 111 Å². The minimum absolute atomic E-state index is 0.00979. The summed E-state index contributed by atoms with van der Waals surface area (Å²) in [4.78, 5) is 98.3. The molecular formula is C50H75N9O8. The van der Waals surface area contributed by atoms with E-state index in [1.54, 1.807) is 45.3 Å². The summed E-state index contributed by atoms with van der Waals surface area (Å²) in [5.41, 5.74) is 1.25. The number of H-pyrrole nitrogens is 1. The van der Waals surface area contributed by atoms with Crippen molar-refractivity contribution in [3.63, 3.8) is 0 Å². The summed E-state index contributed by atoms with van der Waals surface area (Å²) in [6.45, 7) is 17.3. The molecule has 0 spiro atoms. The maximum Gasteiger partial charge on any atom is 0.410 e. The number of pyridine rings is 1. The molecule has 0 aliphatic carbocycles. The lowest BCUT2D eigenvalue weighted by molar-refractivity contribution is -0.143. The number of aromatic nitrogens is 3. The molecule has 0 unspecified atom stereocenters. The Morgan fingerprint density at radius 2 is 1.61 bits per heavy atom. The second-order valence-electron chi connectivity index (χ2n) is 19.6. The maximum absolute atomic E-state index is 14.8. The first-order valence-corrected chi connectivity index (χ1v) is 23.7. The lowest BCUT2D eigenvalue weighted by Crippen LogP contribution is -2.59. The number of rotatable bonds is 23. The van der Waals surface area contributed by atoms with E-state index in [2.05, 4.69) is 36.2 Å². The van der Waals surface area contributed by atoms with E-state index in [0.29, 0.717) is 43.6 Å². The van der Waals surface area contributed by atoms with E-state index in [9.17, 15) is 33.9 Å². The van der Waals surface area contributed by atoms with Crippen molar-refractivity contribution in [1.29, 1.82) is 0 Å². The summed E-state index contributed by atoms with van der Waals surface area (Å²) in [6.07, 6.45) is 4.92. The summed E-state index contributed by atoms with van der Waals surface area (Å²) in [5, 5.41) is 23.8. The zero-order chi connectivity index (χ0) is 49.4. The van der Waals surface area contributed by atoms with Gasteiger partial charge < -0.3 is 41.0 Å². The third-order valence-corrected chi connectivity index (χ3v) is 12.3. The number of benzene rings is 1. The number of hydrogen-bond donors (Lipinski definition) is 6. The molecule has 6 amide bonds. The first-order valence-electron chi connectivity index (χ1n) is 23.7. The Hall–Kier alpha value is -5.84. The zero-order valence-electron chi connectivity index (χ0n) is 41.1. The largest absolute Gasteiger partial charge is 0.444 e. The number of amides is 6. The molecule has 6 N–H and O–H groups in total. The van der Waals surface area contributed by atoms with Gasteiger partial charge in [0.1, 0.15) is 29.8 Å². The van der Waals surface area contributed by atoms with E-state index < -0.39 is 71.6 Å². The number of likely N-dealkylation sites (N-methyl/N-ethyl adjacent to an activating group) is 1. The number of imidazole rings is 1. The van der Waals surface area contributed by atoms with E-state index in [1.165, 1.54) is 23.2 Å². The average Bonchev–Trinajstić information content (AvgIpc) is 4.00. The van der Waals surface area contributed by atoms with Gasteiger partial charge in [0.05, 0.1) is 30.7 Å². The summed E-state index contributed by atoms with van der Waals surface area (Å²) < 4.78 is 5.60. The molecule has 0 radical (unpaired) electrons. The van der Waals surface area contributed by atoms with Crippen LogP contribution in [0.2, 0.25) is 0 Å². The molecule has 17 heteroatoms. The van der Waals surface area contributed by atoms with Crippen molar-refractivity contribution in [2.75, 3.05) is 13.6 Å². The van der Waals surface area contributed by atoms with Crippen LogP contribution in [0.3, 0.4) is 0 Å². The van der Waals surface area contributed by atoms with E-state index in [-0.39, 0.29) is 55.4 Å². The molecule has 4 rings (SSSR count). The molecule has 1 saturated heterocycles. The Morgan fingerprint density at radius 1 is 0.910 bits per heavy atom. The van der Waals surface area contributed by atoms with E-state index in [4.69, 9.17) is 4.74 Å². The Bertz CT molecular complexity index is 2040. The highest BCUT2D eigenvalue weighted by Gasteiger charge is 2.41. The van der Waals surface area contributed by atoms with Crippen molar-refractivity contribution in [1.82, 2.24) is 46.0 Å². The monoisotopic (exact) mass is 930 g/mol. The van der Waals surface area contributed by atoms with Crippen LogP contribution in [0.4, 0.5) is 4.79 Å². The van der Waals surface area contributed by atoms with Crippen LogP contribution < -0.4 is 21.3 Å². The molecule has 368 valence electrons. The van der Waals surface area contributed by atoms with Crippen molar-refractivity contribution in [2.45, 2.75) is 156 Å². The number of ether oxygens (including phenoxy) is 1. The van der Waals surface area contributed by atoms with Gasteiger partial charge >= 0.3 is 6.09 Å². The molecule has 1 aliphatic heterocycles. The van der Waals surface area contributed by atoms with Gasteiger partial charge in [0.25, 0.3) is 0 Å². The molecular weight excluding hydrogens is 855 g/mol. The van der Waals surface area contributed by atoms with Crippen LogP contribution >= 0.6 is 0 Å². The third-order valence-electron chi connectivity index (χ3n) is 12.3. The fraction of sp³-hybridized carbons (Fsp3) is 0.600. The molecule has 2 aromatic heterocycles. The predicted molar refractivity (Wildman–Crippen MR) is 255 cm³/mol. The summed E-state index contributed by atoms with van der Waals surface area (Å²) in [7, 11) is 1.50. The fourth-order valence-corrected chi connectivity index (χ4v) is 8.26. The van der Waals surface area contributed by atoms with Crippen molar-refractivity contribution in [3.8, 4) is 0 Å². The molecule has 1 aromatic carbocycles. The van der Waals surface area contributed by atoms with Gasteiger partial charge in [0, 0.05) is 50.4 Å². The van der Waals surface area contributed by atoms with Crippen molar-refractivity contribution in [2.24, 2.45) is 23.7 Å². The normalized spacial score (nSPS) is 17.1. The molecule has 67 heavy (non-hydrogen) atoms. The van der Waals surface area contributed by atoms with E-state index >= 15 is 0 Å². The fourth-order valence-electron chi connectivity index (χ4n) is 8.26. The second-order valence-corrected chi connectivity index (χ2v) is 19.6. The number of nitrogens with zero attached hydrogens (tertiary/aromatic N) is 4. The summed E-state index contributed by atoms with van der Waals surface area (Å²) >= 11 is 0.